The molecule has 0 aromatic rings. The zero-order valence-corrected chi connectivity index (χ0v) is 23.0. The minimum absolute atomic E-state index is 0.000416. The van der Waals surface area contributed by atoms with E-state index in [0.29, 0.717) is 92.5 Å². The Bertz CT molecular complexity index is 485. The molecule has 13 nitrogen and oxygen atoms in total. The quantitative estimate of drug-likeness (QED) is 0.113. The van der Waals surface area contributed by atoms with Gasteiger partial charge in [0, 0.05) is 13.1 Å². The second kappa shape index (κ2) is 30.1. The van der Waals surface area contributed by atoms with E-state index in [0.717, 1.165) is 26.1 Å². The Morgan fingerprint density at radius 3 is 0.974 bits per heavy atom. The van der Waals surface area contributed by atoms with E-state index >= 15 is 0 Å². The summed E-state index contributed by atoms with van der Waals surface area (Å²) in [5, 5.41) is 17.0. The van der Waals surface area contributed by atoms with Crippen molar-refractivity contribution >= 4 is 11.9 Å². The van der Waals surface area contributed by atoms with Crippen molar-refractivity contribution in [2.75, 3.05) is 125 Å². The van der Waals surface area contributed by atoms with Crippen molar-refractivity contribution in [2.24, 2.45) is 0 Å². The van der Waals surface area contributed by atoms with Crippen LogP contribution in [0.25, 0.3) is 0 Å². The lowest BCUT2D eigenvalue weighted by molar-refractivity contribution is -0.139. The second-order valence-corrected chi connectivity index (χ2v) is 8.03. The van der Waals surface area contributed by atoms with Crippen LogP contribution >= 0.6 is 0 Å². The van der Waals surface area contributed by atoms with Gasteiger partial charge in [-0.15, -0.1) is 0 Å². The third kappa shape index (κ3) is 30.8. The maximum Gasteiger partial charge on any atom is 0.305 e. The first-order chi connectivity index (χ1) is 18.6. The molecular weight excluding hydrogens is 506 g/mol. The molecule has 0 aliphatic heterocycles. The monoisotopic (exact) mass is 555 g/mol. The van der Waals surface area contributed by atoms with Gasteiger partial charge in [0.25, 0.3) is 0 Å². The van der Waals surface area contributed by atoms with Crippen molar-refractivity contribution in [1.82, 2.24) is 4.90 Å². The minimum atomic E-state index is -0.872. The predicted octanol–water partition coefficient (Wildman–Crippen LogP) is 0.781. The predicted molar refractivity (Wildman–Crippen MR) is 138 cm³/mol. The summed E-state index contributed by atoms with van der Waals surface area (Å²) in [6.07, 6.45) is 1.06. The Labute approximate surface area is 226 Å². The molecule has 2 N–H and O–H groups in total. The van der Waals surface area contributed by atoms with Gasteiger partial charge < -0.3 is 48.1 Å². The van der Waals surface area contributed by atoms with E-state index in [4.69, 9.17) is 48.1 Å². The molecule has 0 unspecified atom stereocenters. The molecule has 0 aliphatic rings. The Hall–Kier alpha value is -1.42. The van der Waals surface area contributed by atoms with E-state index in [1.54, 1.807) is 0 Å². The highest BCUT2D eigenvalue weighted by Gasteiger charge is 2.04. The van der Waals surface area contributed by atoms with Crippen LogP contribution in [0.3, 0.4) is 0 Å². The normalized spacial score (nSPS) is 11.4. The fourth-order valence-corrected chi connectivity index (χ4v) is 2.88. The number of carbonyl (C=O) groups is 2. The maximum absolute atomic E-state index is 10.3. The van der Waals surface area contributed by atoms with Crippen molar-refractivity contribution in [2.45, 2.75) is 26.2 Å². The van der Waals surface area contributed by atoms with Gasteiger partial charge in [0.2, 0.25) is 0 Å². The van der Waals surface area contributed by atoms with E-state index in [9.17, 15) is 9.59 Å². The number of rotatable bonds is 32. The van der Waals surface area contributed by atoms with E-state index in [1.165, 1.54) is 0 Å². The van der Waals surface area contributed by atoms with E-state index < -0.39 is 11.9 Å². The average Bonchev–Trinajstić information content (AvgIpc) is 2.88. The molecule has 0 radical (unpaired) electrons. The largest absolute Gasteiger partial charge is 0.481 e. The number of hydrogen-bond donors (Lipinski definition) is 2. The molecule has 0 saturated heterocycles. The molecule has 0 spiro atoms. The molecule has 0 heterocycles. The van der Waals surface area contributed by atoms with Crippen LogP contribution in [0.2, 0.25) is 0 Å². The highest BCUT2D eigenvalue weighted by atomic mass is 16.6. The Morgan fingerprint density at radius 1 is 0.447 bits per heavy atom. The van der Waals surface area contributed by atoms with Crippen molar-refractivity contribution < 1.29 is 57.7 Å². The molecule has 0 aliphatic carbocycles. The summed E-state index contributed by atoms with van der Waals surface area (Å²) in [6.45, 7) is 11.9. The molecule has 0 atom stereocenters. The zero-order valence-electron chi connectivity index (χ0n) is 23.0. The number of ether oxygens (including phenoxy) is 8. The summed E-state index contributed by atoms with van der Waals surface area (Å²) < 4.78 is 43.2. The highest BCUT2D eigenvalue weighted by molar-refractivity contribution is 5.67. The lowest BCUT2D eigenvalue weighted by Gasteiger charge is -2.21. The van der Waals surface area contributed by atoms with E-state index in [1.807, 2.05) is 0 Å². The zero-order chi connectivity index (χ0) is 27.9. The summed E-state index contributed by atoms with van der Waals surface area (Å²) in [7, 11) is 0. The molecule has 38 heavy (non-hydrogen) atoms. The average molecular weight is 556 g/mol. The van der Waals surface area contributed by atoms with Crippen molar-refractivity contribution in [3.8, 4) is 0 Å². The molecule has 0 fully saturated rings. The van der Waals surface area contributed by atoms with Gasteiger partial charge in [-0.1, -0.05) is 6.92 Å². The molecule has 226 valence electrons. The first-order valence-corrected chi connectivity index (χ1v) is 13.3. The van der Waals surface area contributed by atoms with Crippen LogP contribution in [-0.4, -0.2) is 152 Å². The Kier molecular flexibility index (Phi) is 29.0. The Morgan fingerprint density at radius 2 is 0.711 bits per heavy atom. The minimum Gasteiger partial charge on any atom is -0.481 e. The number of hydrogen-bond acceptors (Lipinski definition) is 11. The lowest BCUT2D eigenvalue weighted by Crippen LogP contribution is -2.32. The smallest absolute Gasteiger partial charge is 0.305 e. The molecule has 0 saturated carbocycles. The van der Waals surface area contributed by atoms with Gasteiger partial charge in [0.15, 0.2) is 0 Å². The van der Waals surface area contributed by atoms with Crippen LogP contribution in [0.5, 0.6) is 0 Å². The van der Waals surface area contributed by atoms with Crippen LogP contribution in [0.15, 0.2) is 0 Å². The van der Waals surface area contributed by atoms with Crippen LogP contribution in [-0.2, 0) is 47.5 Å². The summed E-state index contributed by atoms with van der Waals surface area (Å²) in [5.41, 5.74) is 0. The van der Waals surface area contributed by atoms with Gasteiger partial charge in [-0.2, -0.15) is 0 Å². The van der Waals surface area contributed by atoms with E-state index in [2.05, 4.69) is 11.8 Å². The fourth-order valence-electron chi connectivity index (χ4n) is 2.88. The molecule has 13 heteroatoms. The molecular formula is C25H49NO12. The number of carboxylic acids is 2. The SMILES string of the molecule is CCCN(CCOCCOCCOCCOCCC(=O)O)CCOCCOCCOCCOCCC(=O)O. The topological polar surface area (TPSA) is 152 Å². The summed E-state index contributed by atoms with van der Waals surface area (Å²) in [5.74, 6) is -1.74. The van der Waals surface area contributed by atoms with Gasteiger partial charge in [-0.25, -0.2) is 0 Å². The summed E-state index contributed by atoms with van der Waals surface area (Å²) in [6, 6.07) is 0. The summed E-state index contributed by atoms with van der Waals surface area (Å²) >= 11 is 0. The summed E-state index contributed by atoms with van der Waals surface area (Å²) in [4.78, 5) is 23.0. The first-order valence-electron chi connectivity index (χ1n) is 13.3. The molecule has 0 bridgehead atoms. The lowest BCUT2D eigenvalue weighted by atomic mass is 10.4. The Balaban J connectivity index is 3.39. The van der Waals surface area contributed by atoms with Crippen molar-refractivity contribution in [1.29, 1.82) is 0 Å². The van der Waals surface area contributed by atoms with Crippen molar-refractivity contribution in [3.05, 3.63) is 0 Å². The number of aliphatic carboxylic acids is 2. The fraction of sp³-hybridized carbons (Fsp3) is 0.920. The van der Waals surface area contributed by atoms with Gasteiger partial charge >= 0.3 is 11.9 Å². The molecule has 0 rings (SSSR count). The van der Waals surface area contributed by atoms with Crippen LogP contribution in [0.1, 0.15) is 26.2 Å². The molecule has 0 amide bonds. The number of nitrogens with zero attached hydrogens (tertiary/aromatic N) is 1. The molecule has 0 aromatic heterocycles. The number of carboxylic acid groups (broad SMARTS) is 2. The van der Waals surface area contributed by atoms with Crippen LogP contribution in [0, 0.1) is 0 Å². The van der Waals surface area contributed by atoms with Gasteiger partial charge in [0.1, 0.15) is 0 Å². The third-order valence-electron chi connectivity index (χ3n) is 4.80. The van der Waals surface area contributed by atoms with Crippen molar-refractivity contribution in [3.63, 3.8) is 0 Å². The second-order valence-electron chi connectivity index (χ2n) is 8.03. The van der Waals surface area contributed by atoms with Crippen LogP contribution in [0.4, 0.5) is 0 Å². The molecule has 0 aromatic carbocycles. The third-order valence-corrected chi connectivity index (χ3v) is 4.80. The van der Waals surface area contributed by atoms with E-state index in [-0.39, 0.29) is 26.1 Å². The first kappa shape index (κ1) is 36.6. The van der Waals surface area contributed by atoms with Crippen LogP contribution < -0.4 is 0 Å². The van der Waals surface area contributed by atoms with Gasteiger partial charge in [-0.3, -0.25) is 14.5 Å². The maximum atomic E-state index is 10.3. The highest BCUT2D eigenvalue weighted by Crippen LogP contribution is 1.94. The van der Waals surface area contributed by atoms with Gasteiger partial charge in [0.05, 0.1) is 119 Å². The van der Waals surface area contributed by atoms with Gasteiger partial charge in [-0.05, 0) is 13.0 Å². The standard InChI is InChI=1S/C25H49NO12/c1-2-5-26(6-10-33-14-18-37-22-20-35-16-12-31-8-3-24(27)28)7-11-34-15-19-38-23-21-36-17-13-32-9-4-25(29)30/h2-23H2,1H3,(H,27,28)(H,29,30).